The summed E-state index contributed by atoms with van der Waals surface area (Å²) in [5.41, 5.74) is 0.0406. The molecule has 1 amide bonds. The van der Waals surface area contributed by atoms with Crippen LogP contribution in [-0.2, 0) is 11.3 Å². The molecule has 0 aromatic carbocycles. The molecule has 8 heteroatoms. The number of rotatable bonds is 3. The third-order valence-corrected chi connectivity index (χ3v) is 4.26. The second-order valence-corrected chi connectivity index (χ2v) is 7.56. The van der Waals surface area contributed by atoms with Crippen LogP contribution in [0.25, 0.3) is 0 Å². The molecule has 8 nitrogen and oxygen atoms in total. The Morgan fingerprint density at radius 3 is 2.81 bits per heavy atom. The van der Waals surface area contributed by atoms with Crippen molar-refractivity contribution in [3.05, 3.63) is 18.0 Å². The first-order valence-corrected chi connectivity index (χ1v) is 8.96. The predicted molar refractivity (Wildman–Crippen MR) is 94.3 cm³/mol. The van der Waals surface area contributed by atoms with E-state index in [0.717, 1.165) is 6.54 Å². The lowest BCUT2D eigenvalue weighted by atomic mass is 10.0. The van der Waals surface area contributed by atoms with Gasteiger partial charge in [-0.05, 0) is 33.7 Å². The minimum Gasteiger partial charge on any atom is -0.486 e. The fourth-order valence-electron chi connectivity index (χ4n) is 3.08. The van der Waals surface area contributed by atoms with Gasteiger partial charge in [0.15, 0.2) is 11.5 Å². The Morgan fingerprint density at radius 2 is 2.12 bits per heavy atom. The molecule has 2 atom stereocenters. The lowest BCUT2D eigenvalue weighted by Gasteiger charge is -2.38. The van der Waals surface area contributed by atoms with Crippen LogP contribution in [0.15, 0.2) is 12.3 Å². The van der Waals surface area contributed by atoms with E-state index in [4.69, 9.17) is 14.2 Å². The summed E-state index contributed by atoms with van der Waals surface area (Å²) in [7, 11) is 0. The summed E-state index contributed by atoms with van der Waals surface area (Å²) in [4.78, 5) is 18.7. The van der Waals surface area contributed by atoms with Crippen molar-refractivity contribution in [1.29, 1.82) is 0 Å². The molecule has 2 N–H and O–H groups in total. The molecule has 1 fully saturated rings. The number of pyridine rings is 1. The third kappa shape index (κ3) is 4.56. The molecule has 2 aliphatic heterocycles. The van der Waals surface area contributed by atoms with Gasteiger partial charge in [-0.15, -0.1) is 0 Å². The summed E-state index contributed by atoms with van der Waals surface area (Å²) in [6, 6.07) is 1.44. The van der Waals surface area contributed by atoms with E-state index in [-0.39, 0.29) is 12.6 Å². The fraction of sp³-hybridized carbons (Fsp3) is 0.667. The summed E-state index contributed by atoms with van der Waals surface area (Å²) < 4.78 is 16.6. The van der Waals surface area contributed by atoms with Gasteiger partial charge in [0.2, 0.25) is 0 Å². The highest BCUT2D eigenvalue weighted by molar-refractivity contribution is 5.68. The molecule has 0 unspecified atom stereocenters. The number of nitrogens with zero attached hydrogens (tertiary/aromatic N) is 2. The van der Waals surface area contributed by atoms with E-state index < -0.39 is 17.8 Å². The zero-order valence-corrected chi connectivity index (χ0v) is 15.5. The average molecular weight is 365 g/mol. The lowest BCUT2D eigenvalue weighted by Crippen LogP contribution is -2.55. The first-order chi connectivity index (χ1) is 12.3. The van der Waals surface area contributed by atoms with Crippen molar-refractivity contribution in [2.24, 2.45) is 0 Å². The van der Waals surface area contributed by atoms with Crippen LogP contribution >= 0.6 is 0 Å². The monoisotopic (exact) mass is 365 g/mol. The number of fused-ring (bicyclic) bond motifs is 1. The van der Waals surface area contributed by atoms with Gasteiger partial charge in [-0.1, -0.05) is 0 Å². The number of carbonyl (C=O) groups excluding carboxylic acids is 1. The summed E-state index contributed by atoms with van der Waals surface area (Å²) in [6.45, 7) is 7.86. The highest BCUT2D eigenvalue weighted by Gasteiger charge is 2.35. The van der Waals surface area contributed by atoms with Crippen LogP contribution in [0.1, 0.15) is 32.9 Å². The number of aromatic nitrogens is 1. The summed E-state index contributed by atoms with van der Waals surface area (Å²) >= 11 is 0. The molecular formula is C18H27N3O5. The van der Waals surface area contributed by atoms with Crippen LogP contribution in [0.4, 0.5) is 4.79 Å². The SMILES string of the molecule is CC(C)(C)OC(=O)N(Cc1cc2c(cn1)OCCO2)[C@@H]1CCNC[C@H]1O. The molecule has 0 aliphatic carbocycles. The van der Waals surface area contributed by atoms with Crippen LogP contribution in [-0.4, -0.2) is 65.1 Å². The van der Waals surface area contributed by atoms with E-state index in [1.165, 1.54) is 0 Å². The van der Waals surface area contributed by atoms with Crippen LogP contribution in [0, 0.1) is 0 Å². The standard InChI is InChI=1S/C18H27N3O5/c1-18(2,3)26-17(23)21(13-4-5-19-9-14(13)22)11-12-8-15-16(10-20-12)25-7-6-24-15/h8,10,13-14,19,22H,4-7,9,11H2,1-3H3/t13-,14-/m1/s1. The minimum atomic E-state index is -0.659. The van der Waals surface area contributed by atoms with E-state index in [1.807, 2.05) is 20.8 Å². The molecule has 1 aromatic rings. The van der Waals surface area contributed by atoms with Crippen molar-refractivity contribution in [2.45, 2.75) is 51.5 Å². The maximum Gasteiger partial charge on any atom is 0.410 e. The zero-order valence-electron chi connectivity index (χ0n) is 15.5. The third-order valence-electron chi connectivity index (χ3n) is 4.26. The van der Waals surface area contributed by atoms with Gasteiger partial charge in [0, 0.05) is 12.6 Å². The number of amides is 1. The predicted octanol–water partition coefficient (Wildman–Crippen LogP) is 1.31. The van der Waals surface area contributed by atoms with Crippen LogP contribution in [0.5, 0.6) is 11.5 Å². The zero-order chi connectivity index (χ0) is 18.7. The molecule has 0 radical (unpaired) electrons. The van der Waals surface area contributed by atoms with Crippen molar-refractivity contribution >= 4 is 6.09 Å². The van der Waals surface area contributed by atoms with E-state index in [1.54, 1.807) is 17.2 Å². The van der Waals surface area contributed by atoms with Gasteiger partial charge in [0.1, 0.15) is 18.8 Å². The van der Waals surface area contributed by atoms with Crippen molar-refractivity contribution < 1.29 is 24.1 Å². The first kappa shape index (κ1) is 18.7. The summed E-state index contributed by atoms with van der Waals surface area (Å²) in [5.74, 6) is 1.22. The normalized spacial score (nSPS) is 22.6. The molecule has 0 saturated carbocycles. The Labute approximate surface area is 153 Å². The first-order valence-electron chi connectivity index (χ1n) is 8.96. The largest absolute Gasteiger partial charge is 0.486 e. The number of ether oxygens (including phenoxy) is 3. The number of β-amino-alcohol motifs (C(OH)–C–C–N with tert-alkyl or cyclic N) is 1. The molecule has 2 aliphatic rings. The Balaban J connectivity index is 1.81. The van der Waals surface area contributed by atoms with Gasteiger partial charge in [-0.25, -0.2) is 4.79 Å². The van der Waals surface area contributed by atoms with Crippen molar-refractivity contribution in [1.82, 2.24) is 15.2 Å². The van der Waals surface area contributed by atoms with E-state index in [9.17, 15) is 9.90 Å². The molecule has 3 rings (SSSR count). The fourth-order valence-corrected chi connectivity index (χ4v) is 3.08. The Morgan fingerprint density at radius 1 is 1.38 bits per heavy atom. The van der Waals surface area contributed by atoms with Gasteiger partial charge in [-0.2, -0.15) is 0 Å². The highest BCUT2D eigenvalue weighted by atomic mass is 16.6. The quantitative estimate of drug-likeness (QED) is 0.834. The maximum atomic E-state index is 12.8. The van der Waals surface area contributed by atoms with E-state index >= 15 is 0 Å². The number of hydrogen-bond donors (Lipinski definition) is 2. The summed E-state index contributed by atoms with van der Waals surface area (Å²) in [5, 5.41) is 13.5. The smallest absolute Gasteiger partial charge is 0.410 e. The molecule has 144 valence electrons. The van der Waals surface area contributed by atoms with E-state index in [2.05, 4.69) is 10.3 Å². The number of carbonyl (C=O) groups is 1. The van der Waals surface area contributed by atoms with Gasteiger partial charge in [-0.3, -0.25) is 9.88 Å². The molecule has 26 heavy (non-hydrogen) atoms. The summed E-state index contributed by atoms with van der Waals surface area (Å²) in [6.07, 6.45) is 1.13. The topological polar surface area (TPSA) is 93.2 Å². The Hall–Kier alpha value is -2.06. The minimum absolute atomic E-state index is 0.229. The van der Waals surface area contributed by atoms with E-state index in [0.29, 0.717) is 43.4 Å². The molecular weight excluding hydrogens is 338 g/mol. The number of aliphatic hydroxyl groups excluding tert-OH is 1. The van der Waals surface area contributed by atoms with Gasteiger partial charge < -0.3 is 24.6 Å². The second kappa shape index (κ2) is 7.67. The maximum absolute atomic E-state index is 12.8. The van der Waals surface area contributed by atoms with Crippen LogP contribution in [0.3, 0.4) is 0 Å². The van der Waals surface area contributed by atoms with Crippen molar-refractivity contribution in [3.63, 3.8) is 0 Å². The Bertz CT molecular complexity index is 646. The number of hydrogen-bond acceptors (Lipinski definition) is 7. The van der Waals surface area contributed by atoms with Crippen LogP contribution < -0.4 is 14.8 Å². The van der Waals surface area contributed by atoms with Gasteiger partial charge >= 0.3 is 6.09 Å². The molecule has 1 saturated heterocycles. The van der Waals surface area contributed by atoms with Gasteiger partial charge in [0.25, 0.3) is 0 Å². The van der Waals surface area contributed by atoms with Crippen molar-refractivity contribution in [2.75, 3.05) is 26.3 Å². The average Bonchev–Trinajstić information content (AvgIpc) is 2.59. The Kier molecular flexibility index (Phi) is 5.52. The molecule has 0 bridgehead atoms. The molecule has 3 heterocycles. The van der Waals surface area contributed by atoms with Crippen molar-refractivity contribution in [3.8, 4) is 11.5 Å². The second-order valence-electron chi connectivity index (χ2n) is 7.56. The highest BCUT2D eigenvalue weighted by Crippen LogP contribution is 2.30. The number of nitrogens with one attached hydrogen (secondary N) is 1. The number of piperidine rings is 1. The molecule has 0 spiro atoms. The molecule has 1 aromatic heterocycles. The van der Waals surface area contributed by atoms with Gasteiger partial charge in [0.05, 0.1) is 30.6 Å². The van der Waals surface area contributed by atoms with Crippen LogP contribution in [0.2, 0.25) is 0 Å². The number of aliphatic hydroxyl groups is 1. The lowest BCUT2D eigenvalue weighted by molar-refractivity contribution is -0.0163.